The lowest BCUT2D eigenvalue weighted by atomic mass is 9.85. The molecule has 1 aromatic carbocycles. The van der Waals surface area contributed by atoms with E-state index in [2.05, 4.69) is 5.32 Å². The van der Waals surface area contributed by atoms with E-state index in [4.69, 9.17) is 0 Å². The van der Waals surface area contributed by atoms with Crippen molar-refractivity contribution in [1.29, 1.82) is 0 Å². The number of carbonyl (C=O) groups is 1. The summed E-state index contributed by atoms with van der Waals surface area (Å²) in [7, 11) is 0. The molecule has 0 radical (unpaired) electrons. The van der Waals surface area contributed by atoms with Gasteiger partial charge in [0.05, 0.1) is 11.1 Å². The number of benzene rings is 1. The van der Waals surface area contributed by atoms with E-state index >= 15 is 0 Å². The first-order chi connectivity index (χ1) is 6.43. The Balaban J connectivity index is 2.71. The highest BCUT2D eigenvalue weighted by molar-refractivity contribution is 6.05. The van der Waals surface area contributed by atoms with Crippen molar-refractivity contribution in [2.24, 2.45) is 0 Å². The lowest BCUT2D eigenvalue weighted by Crippen LogP contribution is -2.26. The summed E-state index contributed by atoms with van der Waals surface area (Å²) in [5, 5.41) is 2.57. The van der Waals surface area contributed by atoms with Crippen LogP contribution in [0.2, 0.25) is 0 Å². The minimum Gasteiger partial charge on any atom is -0.323 e. The van der Waals surface area contributed by atoms with Gasteiger partial charge >= 0.3 is 0 Å². The molecule has 0 bridgehead atoms. The van der Waals surface area contributed by atoms with E-state index in [0.717, 1.165) is 11.1 Å². The molecular formula is C11H12FNO. The van der Waals surface area contributed by atoms with E-state index in [9.17, 15) is 9.18 Å². The SMILES string of the molecule is Cc1cc(F)c2c(c1)C(C)(C)C(=O)N2. The molecule has 0 aliphatic carbocycles. The van der Waals surface area contributed by atoms with Gasteiger partial charge in [-0.2, -0.15) is 0 Å². The standard InChI is InChI=1S/C11H12FNO/c1-6-4-7-9(8(12)5-6)13-10(14)11(7,2)3/h4-5H,1-3H3,(H,13,14). The van der Waals surface area contributed by atoms with Crippen molar-refractivity contribution in [2.45, 2.75) is 26.2 Å². The molecule has 1 aliphatic heterocycles. The molecular weight excluding hydrogens is 181 g/mol. The van der Waals surface area contributed by atoms with E-state index in [0.29, 0.717) is 5.69 Å². The highest BCUT2D eigenvalue weighted by atomic mass is 19.1. The van der Waals surface area contributed by atoms with Gasteiger partial charge in [-0.3, -0.25) is 4.79 Å². The second kappa shape index (κ2) is 2.56. The highest BCUT2D eigenvalue weighted by Crippen LogP contribution is 2.39. The summed E-state index contributed by atoms with van der Waals surface area (Å²) in [6.45, 7) is 5.42. The molecule has 14 heavy (non-hydrogen) atoms. The molecule has 1 heterocycles. The number of rotatable bonds is 0. The van der Waals surface area contributed by atoms with Crippen molar-refractivity contribution in [3.05, 3.63) is 29.1 Å². The molecule has 2 nitrogen and oxygen atoms in total. The van der Waals surface area contributed by atoms with Gasteiger partial charge in [0.25, 0.3) is 0 Å². The van der Waals surface area contributed by atoms with Crippen LogP contribution in [0.3, 0.4) is 0 Å². The second-order valence-corrected chi connectivity index (χ2v) is 4.25. The normalized spacial score (nSPS) is 17.9. The number of halogens is 1. The molecule has 0 saturated carbocycles. The third kappa shape index (κ3) is 1.05. The maximum Gasteiger partial charge on any atom is 0.234 e. The number of anilines is 1. The van der Waals surface area contributed by atoms with Gasteiger partial charge in [0.15, 0.2) is 0 Å². The molecule has 0 saturated heterocycles. The molecule has 74 valence electrons. The molecule has 0 aromatic heterocycles. The maximum atomic E-state index is 13.5. The van der Waals surface area contributed by atoms with Crippen LogP contribution >= 0.6 is 0 Å². The fourth-order valence-corrected chi connectivity index (χ4v) is 1.75. The van der Waals surface area contributed by atoms with Gasteiger partial charge in [-0.25, -0.2) is 4.39 Å². The first-order valence-corrected chi connectivity index (χ1v) is 4.55. The Labute approximate surface area is 82.1 Å². The molecule has 1 aliphatic rings. The van der Waals surface area contributed by atoms with E-state index in [-0.39, 0.29) is 11.7 Å². The average Bonchev–Trinajstić information content (AvgIpc) is 2.28. The fraction of sp³-hybridized carbons (Fsp3) is 0.364. The van der Waals surface area contributed by atoms with Crippen molar-refractivity contribution in [3.63, 3.8) is 0 Å². The first kappa shape index (κ1) is 9.19. The summed E-state index contributed by atoms with van der Waals surface area (Å²) in [5.74, 6) is -0.490. The van der Waals surface area contributed by atoms with Crippen molar-refractivity contribution in [2.75, 3.05) is 5.32 Å². The van der Waals surface area contributed by atoms with Crippen molar-refractivity contribution in [3.8, 4) is 0 Å². The Hall–Kier alpha value is -1.38. The van der Waals surface area contributed by atoms with Crippen LogP contribution in [-0.4, -0.2) is 5.91 Å². The summed E-state index contributed by atoms with van der Waals surface area (Å²) in [4.78, 5) is 11.5. The minimum atomic E-state index is -0.623. The van der Waals surface area contributed by atoms with Gasteiger partial charge in [0.2, 0.25) is 5.91 Å². The van der Waals surface area contributed by atoms with E-state index in [1.165, 1.54) is 6.07 Å². The van der Waals surface area contributed by atoms with Gasteiger partial charge in [0, 0.05) is 0 Å². The van der Waals surface area contributed by atoms with Crippen molar-refractivity contribution in [1.82, 2.24) is 0 Å². The number of aryl methyl sites for hydroxylation is 1. The number of fused-ring (bicyclic) bond motifs is 1. The Kier molecular flexibility index (Phi) is 1.68. The predicted molar refractivity (Wildman–Crippen MR) is 52.8 cm³/mol. The van der Waals surface area contributed by atoms with Crippen LogP contribution in [0.5, 0.6) is 0 Å². The van der Waals surface area contributed by atoms with Crippen LogP contribution in [0.4, 0.5) is 10.1 Å². The van der Waals surface area contributed by atoms with Crippen LogP contribution in [0.15, 0.2) is 12.1 Å². The Morgan fingerprint density at radius 3 is 2.64 bits per heavy atom. The molecule has 0 unspecified atom stereocenters. The average molecular weight is 193 g/mol. The largest absolute Gasteiger partial charge is 0.323 e. The number of hydrogen-bond acceptors (Lipinski definition) is 1. The molecule has 1 aromatic rings. The number of nitrogens with one attached hydrogen (secondary N) is 1. The zero-order chi connectivity index (χ0) is 10.5. The van der Waals surface area contributed by atoms with Crippen molar-refractivity contribution < 1.29 is 9.18 Å². The number of hydrogen-bond donors (Lipinski definition) is 1. The zero-order valence-electron chi connectivity index (χ0n) is 8.44. The van der Waals surface area contributed by atoms with E-state index < -0.39 is 5.41 Å². The minimum absolute atomic E-state index is 0.142. The molecule has 1 amide bonds. The Bertz CT molecular complexity index is 424. The van der Waals surface area contributed by atoms with Gasteiger partial charge in [-0.15, -0.1) is 0 Å². The van der Waals surface area contributed by atoms with Crippen LogP contribution in [0, 0.1) is 12.7 Å². The lowest BCUT2D eigenvalue weighted by Gasteiger charge is -2.15. The van der Waals surface area contributed by atoms with Crippen LogP contribution in [0.1, 0.15) is 25.0 Å². The smallest absolute Gasteiger partial charge is 0.234 e. The quantitative estimate of drug-likeness (QED) is 0.673. The summed E-state index contributed by atoms with van der Waals surface area (Å²) in [6.07, 6.45) is 0. The third-order valence-corrected chi connectivity index (χ3v) is 2.71. The summed E-state index contributed by atoms with van der Waals surface area (Å²) in [6, 6.07) is 3.29. The highest BCUT2D eigenvalue weighted by Gasteiger charge is 2.39. The van der Waals surface area contributed by atoms with Gasteiger partial charge in [0.1, 0.15) is 5.82 Å². The summed E-state index contributed by atoms with van der Waals surface area (Å²) in [5.41, 5.74) is 1.30. The lowest BCUT2D eigenvalue weighted by molar-refractivity contribution is -0.119. The molecule has 0 fully saturated rings. The van der Waals surface area contributed by atoms with Crippen LogP contribution in [0.25, 0.3) is 0 Å². The van der Waals surface area contributed by atoms with Crippen LogP contribution < -0.4 is 5.32 Å². The van der Waals surface area contributed by atoms with Gasteiger partial charge in [-0.05, 0) is 38.0 Å². The predicted octanol–water partition coefficient (Wildman–Crippen LogP) is 2.36. The third-order valence-electron chi connectivity index (χ3n) is 2.71. The van der Waals surface area contributed by atoms with Gasteiger partial charge < -0.3 is 5.32 Å². The van der Waals surface area contributed by atoms with Gasteiger partial charge in [-0.1, -0.05) is 6.07 Å². The summed E-state index contributed by atoms with van der Waals surface area (Å²) < 4.78 is 13.5. The van der Waals surface area contributed by atoms with Crippen molar-refractivity contribution >= 4 is 11.6 Å². The Morgan fingerprint density at radius 2 is 2.00 bits per heavy atom. The molecule has 0 spiro atoms. The topological polar surface area (TPSA) is 29.1 Å². The summed E-state index contributed by atoms with van der Waals surface area (Å²) >= 11 is 0. The van der Waals surface area contributed by atoms with E-state index in [1.54, 1.807) is 13.8 Å². The number of amides is 1. The zero-order valence-corrected chi connectivity index (χ0v) is 8.44. The maximum absolute atomic E-state index is 13.5. The molecule has 2 rings (SSSR count). The molecule has 3 heteroatoms. The molecule has 0 atom stereocenters. The molecule has 1 N–H and O–H groups in total. The second-order valence-electron chi connectivity index (χ2n) is 4.25. The first-order valence-electron chi connectivity index (χ1n) is 4.55. The monoisotopic (exact) mass is 193 g/mol. The van der Waals surface area contributed by atoms with Crippen LogP contribution in [-0.2, 0) is 10.2 Å². The van der Waals surface area contributed by atoms with E-state index in [1.807, 2.05) is 13.0 Å². The Morgan fingerprint density at radius 1 is 1.36 bits per heavy atom. The number of carbonyl (C=O) groups excluding carboxylic acids is 1. The fourth-order valence-electron chi connectivity index (χ4n) is 1.75.